The van der Waals surface area contributed by atoms with E-state index in [2.05, 4.69) is 17.3 Å². The first-order valence-electron chi connectivity index (χ1n) is 12.7. The maximum absolute atomic E-state index is 13.5. The third kappa shape index (κ3) is 5.77. The molecule has 8 nitrogen and oxygen atoms in total. The topological polar surface area (TPSA) is 105 Å². The molecule has 196 valence electrons. The van der Waals surface area contributed by atoms with Crippen LogP contribution in [0.4, 0.5) is 11.4 Å². The summed E-state index contributed by atoms with van der Waals surface area (Å²) in [5, 5.41) is 17.1. The Morgan fingerprint density at radius 2 is 1.78 bits per heavy atom. The molecule has 0 radical (unpaired) electrons. The van der Waals surface area contributed by atoms with E-state index in [0.29, 0.717) is 28.6 Å². The van der Waals surface area contributed by atoms with Crippen molar-refractivity contribution >= 4 is 40.5 Å². The number of hydrogen-bond acceptors (Lipinski definition) is 5. The number of rotatable bonds is 7. The van der Waals surface area contributed by atoms with Crippen LogP contribution in [-0.2, 0) is 11.8 Å². The lowest BCUT2D eigenvalue weighted by Crippen LogP contribution is -2.42. The summed E-state index contributed by atoms with van der Waals surface area (Å²) in [6.45, 7) is 7.85. The molecule has 2 aromatic heterocycles. The number of carboxylic acid groups (broad SMARTS) is 1. The summed E-state index contributed by atoms with van der Waals surface area (Å²) in [7, 11) is 1.77. The van der Waals surface area contributed by atoms with E-state index >= 15 is 0 Å². The van der Waals surface area contributed by atoms with Crippen molar-refractivity contribution in [1.29, 1.82) is 0 Å². The van der Waals surface area contributed by atoms with Crippen LogP contribution in [0.2, 0.25) is 0 Å². The second-order valence-corrected chi connectivity index (χ2v) is 11.3. The molecule has 1 aromatic carbocycles. The summed E-state index contributed by atoms with van der Waals surface area (Å²) < 4.78 is 1.60. The first-order valence-corrected chi connectivity index (χ1v) is 13.5. The largest absolute Gasteiger partial charge is 0.477 e. The van der Waals surface area contributed by atoms with Gasteiger partial charge in [-0.05, 0) is 76.1 Å². The van der Waals surface area contributed by atoms with Crippen LogP contribution in [0, 0.1) is 18.8 Å². The van der Waals surface area contributed by atoms with Crippen LogP contribution in [0.3, 0.4) is 0 Å². The highest BCUT2D eigenvalue weighted by Crippen LogP contribution is 2.40. The molecule has 2 heterocycles. The van der Waals surface area contributed by atoms with Gasteiger partial charge in [0, 0.05) is 35.8 Å². The molecule has 0 spiro atoms. The molecule has 0 saturated heterocycles. The van der Waals surface area contributed by atoms with Crippen LogP contribution >= 0.6 is 11.3 Å². The van der Waals surface area contributed by atoms with Gasteiger partial charge in [0.1, 0.15) is 4.88 Å². The first kappa shape index (κ1) is 26.6. The summed E-state index contributed by atoms with van der Waals surface area (Å²) in [4.78, 5) is 40.9. The lowest BCUT2D eigenvalue weighted by Gasteiger charge is -2.33. The van der Waals surface area contributed by atoms with Gasteiger partial charge in [0.25, 0.3) is 5.91 Å². The van der Waals surface area contributed by atoms with Crippen LogP contribution in [0.1, 0.15) is 72.2 Å². The summed E-state index contributed by atoms with van der Waals surface area (Å²) >= 11 is 1.16. The molecule has 1 fully saturated rings. The van der Waals surface area contributed by atoms with E-state index in [9.17, 15) is 19.5 Å². The zero-order chi connectivity index (χ0) is 26.9. The molecule has 2 N–H and O–H groups in total. The molecule has 0 atom stereocenters. The molecule has 4 rings (SSSR count). The minimum Gasteiger partial charge on any atom is -0.477 e. The van der Waals surface area contributed by atoms with Crippen LogP contribution in [0.15, 0.2) is 36.5 Å². The highest BCUT2D eigenvalue weighted by molar-refractivity contribution is 7.18. The predicted octanol–water partition coefficient (Wildman–Crippen LogP) is 5.98. The second kappa shape index (κ2) is 10.9. The molecule has 1 aliphatic rings. The van der Waals surface area contributed by atoms with E-state index in [1.165, 1.54) is 0 Å². The van der Waals surface area contributed by atoms with E-state index in [-0.39, 0.29) is 28.7 Å². The number of anilines is 2. The highest BCUT2D eigenvalue weighted by atomic mass is 32.1. The number of carboxylic acids is 1. The second-order valence-electron chi connectivity index (χ2n) is 10.2. The fraction of sp³-hybridized carbons (Fsp3) is 0.429. The molecule has 1 aliphatic carbocycles. The number of amides is 2. The molecule has 1 saturated carbocycles. The molecule has 37 heavy (non-hydrogen) atoms. The zero-order valence-electron chi connectivity index (χ0n) is 21.9. The van der Waals surface area contributed by atoms with Gasteiger partial charge in [-0.3, -0.25) is 14.3 Å². The number of hydrogen-bond donors (Lipinski definition) is 2. The number of nitrogens with one attached hydrogen (secondary N) is 1. The molecule has 2 amide bonds. The van der Waals surface area contributed by atoms with Crippen LogP contribution < -0.4 is 10.2 Å². The number of aryl methyl sites for hydroxylation is 2. The Balaban J connectivity index is 1.58. The van der Waals surface area contributed by atoms with Gasteiger partial charge in [-0.15, -0.1) is 11.3 Å². The lowest BCUT2D eigenvalue weighted by molar-refractivity contribution is -0.123. The van der Waals surface area contributed by atoms with E-state index in [4.69, 9.17) is 0 Å². The summed E-state index contributed by atoms with van der Waals surface area (Å²) in [5.74, 6) is -0.724. The number of aromatic nitrogens is 2. The maximum Gasteiger partial charge on any atom is 0.348 e. The smallest absolute Gasteiger partial charge is 0.348 e. The maximum atomic E-state index is 13.5. The van der Waals surface area contributed by atoms with Crippen molar-refractivity contribution in [2.24, 2.45) is 18.9 Å². The SMILES string of the molecule is Cc1nn(C)cc1C(=O)Nc1ccc(-c2cc(N(C(=O)[C@H]3CC[C@H](C)CC3)C(C)C)c(C(=O)O)s2)cc1. The van der Waals surface area contributed by atoms with Crippen molar-refractivity contribution < 1.29 is 19.5 Å². The summed E-state index contributed by atoms with van der Waals surface area (Å²) in [5.41, 5.74) is 3.05. The third-order valence-electron chi connectivity index (χ3n) is 6.97. The zero-order valence-corrected chi connectivity index (χ0v) is 22.8. The van der Waals surface area contributed by atoms with Gasteiger partial charge in [-0.1, -0.05) is 19.1 Å². The molecule has 0 bridgehead atoms. The number of carbonyl (C=O) groups is 3. The minimum absolute atomic E-state index is 0.0116. The van der Waals surface area contributed by atoms with Gasteiger partial charge in [-0.2, -0.15) is 5.10 Å². The highest BCUT2D eigenvalue weighted by Gasteiger charge is 2.33. The normalized spacial score (nSPS) is 17.6. The molecule has 0 aliphatic heterocycles. The first-order chi connectivity index (χ1) is 17.5. The van der Waals surface area contributed by atoms with Crippen molar-refractivity contribution in [3.8, 4) is 10.4 Å². The monoisotopic (exact) mass is 522 g/mol. The molecule has 0 unspecified atom stereocenters. The summed E-state index contributed by atoms with van der Waals surface area (Å²) in [6.07, 6.45) is 5.40. The van der Waals surface area contributed by atoms with Crippen LogP contribution in [0.5, 0.6) is 0 Å². The van der Waals surface area contributed by atoms with E-state index in [0.717, 1.165) is 47.5 Å². The van der Waals surface area contributed by atoms with Gasteiger partial charge in [0.05, 0.1) is 16.9 Å². The number of aromatic carboxylic acids is 1. The van der Waals surface area contributed by atoms with Crippen molar-refractivity contribution in [1.82, 2.24) is 9.78 Å². The Hall–Kier alpha value is -3.46. The van der Waals surface area contributed by atoms with Crippen molar-refractivity contribution in [3.05, 3.63) is 52.7 Å². The third-order valence-corrected chi connectivity index (χ3v) is 8.13. The van der Waals surface area contributed by atoms with Gasteiger partial charge in [0.2, 0.25) is 5.91 Å². The molecular formula is C28H34N4O4S. The predicted molar refractivity (Wildman–Crippen MR) is 146 cm³/mol. The average Bonchev–Trinajstić information content (AvgIpc) is 3.43. The molecule has 9 heteroatoms. The standard InChI is InChI=1S/C28H34N4O4S/c1-16(2)32(27(34)20-8-6-17(3)7-9-20)23-14-24(37-25(23)28(35)36)19-10-12-21(13-11-19)29-26(33)22-15-31(5)30-18(22)4/h10-17,20H,6-9H2,1-5H3,(H,29,33)(H,35,36)/t17-,20-. The van der Waals surface area contributed by atoms with Crippen LogP contribution in [0.25, 0.3) is 10.4 Å². The Morgan fingerprint density at radius 3 is 2.32 bits per heavy atom. The minimum atomic E-state index is -1.04. The lowest BCUT2D eigenvalue weighted by atomic mass is 9.82. The summed E-state index contributed by atoms with van der Waals surface area (Å²) in [6, 6.07) is 8.90. The number of carbonyl (C=O) groups excluding carboxylic acids is 2. The van der Waals surface area contributed by atoms with Crippen molar-refractivity contribution in [2.45, 2.75) is 59.4 Å². The van der Waals surface area contributed by atoms with Gasteiger partial charge < -0.3 is 15.3 Å². The fourth-order valence-corrected chi connectivity index (χ4v) is 5.94. The van der Waals surface area contributed by atoms with E-state index in [1.54, 1.807) is 41.9 Å². The Morgan fingerprint density at radius 1 is 1.14 bits per heavy atom. The Bertz CT molecular complexity index is 1300. The number of nitrogens with zero attached hydrogens (tertiary/aromatic N) is 3. The van der Waals surface area contributed by atoms with E-state index < -0.39 is 5.97 Å². The Labute approximate surface area is 221 Å². The average molecular weight is 523 g/mol. The van der Waals surface area contributed by atoms with Crippen molar-refractivity contribution in [2.75, 3.05) is 10.2 Å². The van der Waals surface area contributed by atoms with Gasteiger partial charge >= 0.3 is 5.97 Å². The molecule has 3 aromatic rings. The number of benzene rings is 1. The molecular weight excluding hydrogens is 488 g/mol. The van der Waals surface area contributed by atoms with Crippen LogP contribution in [-0.4, -0.2) is 38.7 Å². The van der Waals surface area contributed by atoms with Gasteiger partial charge in [0.15, 0.2) is 0 Å². The fourth-order valence-electron chi connectivity index (χ4n) is 4.95. The van der Waals surface area contributed by atoms with Crippen molar-refractivity contribution in [3.63, 3.8) is 0 Å². The quantitative estimate of drug-likeness (QED) is 0.397. The van der Waals surface area contributed by atoms with Gasteiger partial charge in [-0.25, -0.2) is 4.79 Å². The van der Waals surface area contributed by atoms with E-state index in [1.807, 2.05) is 32.0 Å². The number of thiophene rings is 1. The Kier molecular flexibility index (Phi) is 7.82.